The first-order chi connectivity index (χ1) is 12.0. The van der Waals surface area contributed by atoms with Crippen molar-refractivity contribution >= 4 is 22.8 Å². The minimum absolute atomic E-state index is 0.0141. The second kappa shape index (κ2) is 7.25. The van der Waals surface area contributed by atoms with Crippen LogP contribution in [0.25, 0.3) is 11.0 Å². The Kier molecular flexibility index (Phi) is 5.06. The Balaban J connectivity index is 1.84. The number of carbonyl (C=O) groups is 2. The highest BCUT2D eigenvalue weighted by Gasteiger charge is 2.37. The number of H-pyrrole nitrogens is 1. The highest BCUT2D eigenvalue weighted by molar-refractivity contribution is 5.88. The van der Waals surface area contributed by atoms with Crippen LogP contribution in [0.15, 0.2) is 24.3 Å². The fourth-order valence-corrected chi connectivity index (χ4v) is 3.41. The van der Waals surface area contributed by atoms with Crippen molar-refractivity contribution in [2.45, 2.75) is 52.1 Å². The van der Waals surface area contributed by atoms with Crippen molar-refractivity contribution in [1.29, 1.82) is 0 Å². The van der Waals surface area contributed by atoms with Crippen molar-refractivity contribution in [3.05, 3.63) is 30.1 Å². The summed E-state index contributed by atoms with van der Waals surface area (Å²) >= 11 is 0. The molecule has 1 saturated heterocycles. The normalized spacial score (nSPS) is 18.7. The van der Waals surface area contributed by atoms with Gasteiger partial charge in [0.1, 0.15) is 11.9 Å². The molecule has 0 radical (unpaired) electrons. The van der Waals surface area contributed by atoms with E-state index in [1.54, 1.807) is 6.92 Å². The summed E-state index contributed by atoms with van der Waals surface area (Å²) in [4.78, 5) is 34.8. The standard InChI is InChI=1S/C19H26N4O2/c1-4-16(24)22-17(12(2)3)19(25)23-11-7-10-15(23)18-20-13-8-5-6-9-14(13)21-18/h5-6,8-9,12,15,17H,4,7,10-11H2,1-3H3,(H,20,21)(H,22,24)/t15-,17-/m0/s1. The van der Waals surface area contributed by atoms with E-state index in [0.717, 1.165) is 29.7 Å². The van der Waals surface area contributed by atoms with Crippen LogP contribution < -0.4 is 5.32 Å². The molecule has 25 heavy (non-hydrogen) atoms. The third-order valence-electron chi connectivity index (χ3n) is 4.83. The van der Waals surface area contributed by atoms with Crippen LogP contribution in [0.2, 0.25) is 0 Å². The van der Waals surface area contributed by atoms with Gasteiger partial charge in [0.25, 0.3) is 0 Å². The third-order valence-corrected chi connectivity index (χ3v) is 4.83. The lowest BCUT2D eigenvalue weighted by atomic mass is 10.0. The van der Waals surface area contributed by atoms with Gasteiger partial charge in [-0.25, -0.2) is 4.98 Å². The summed E-state index contributed by atoms with van der Waals surface area (Å²) in [6, 6.07) is 7.34. The van der Waals surface area contributed by atoms with Crippen LogP contribution in [0, 0.1) is 5.92 Å². The number of para-hydroxylation sites is 2. The van der Waals surface area contributed by atoms with Gasteiger partial charge in [0.05, 0.1) is 17.1 Å². The van der Waals surface area contributed by atoms with Gasteiger partial charge in [0.15, 0.2) is 0 Å². The molecule has 2 N–H and O–H groups in total. The molecule has 2 aromatic rings. The molecule has 2 amide bonds. The molecule has 134 valence electrons. The van der Waals surface area contributed by atoms with E-state index in [-0.39, 0.29) is 23.8 Å². The smallest absolute Gasteiger partial charge is 0.246 e. The molecular formula is C19H26N4O2. The van der Waals surface area contributed by atoms with Crippen LogP contribution in [0.4, 0.5) is 0 Å². The van der Waals surface area contributed by atoms with Crippen molar-refractivity contribution < 1.29 is 9.59 Å². The second-order valence-electron chi connectivity index (χ2n) is 6.97. The molecule has 0 spiro atoms. The van der Waals surface area contributed by atoms with E-state index < -0.39 is 6.04 Å². The molecule has 2 atom stereocenters. The monoisotopic (exact) mass is 342 g/mol. The lowest BCUT2D eigenvalue weighted by molar-refractivity contribution is -0.138. The summed E-state index contributed by atoms with van der Waals surface area (Å²) in [6.07, 6.45) is 2.21. The number of likely N-dealkylation sites (tertiary alicyclic amines) is 1. The van der Waals surface area contributed by atoms with Crippen molar-refractivity contribution in [2.75, 3.05) is 6.54 Å². The molecule has 6 nitrogen and oxygen atoms in total. The maximum atomic E-state index is 13.1. The number of benzene rings is 1. The van der Waals surface area contributed by atoms with Crippen LogP contribution in [0.5, 0.6) is 0 Å². The summed E-state index contributed by atoms with van der Waals surface area (Å²) in [6.45, 7) is 6.42. The minimum Gasteiger partial charge on any atom is -0.344 e. The molecule has 1 aromatic carbocycles. The molecule has 1 aromatic heterocycles. The van der Waals surface area contributed by atoms with Gasteiger partial charge >= 0.3 is 0 Å². The maximum Gasteiger partial charge on any atom is 0.246 e. The van der Waals surface area contributed by atoms with Crippen molar-refractivity contribution in [1.82, 2.24) is 20.2 Å². The number of aromatic nitrogens is 2. The van der Waals surface area contributed by atoms with E-state index in [1.165, 1.54) is 0 Å². The molecule has 2 heterocycles. The SMILES string of the molecule is CCC(=O)N[C@H](C(=O)N1CCC[C@H]1c1nc2ccccc2[nH]1)C(C)C. The maximum absolute atomic E-state index is 13.1. The van der Waals surface area contributed by atoms with Gasteiger partial charge in [-0.1, -0.05) is 32.9 Å². The van der Waals surface area contributed by atoms with Gasteiger partial charge < -0.3 is 15.2 Å². The number of hydrogen-bond donors (Lipinski definition) is 2. The summed E-state index contributed by atoms with van der Waals surface area (Å²) in [5, 5.41) is 2.88. The van der Waals surface area contributed by atoms with Crippen LogP contribution in [0.1, 0.15) is 51.9 Å². The summed E-state index contributed by atoms with van der Waals surface area (Å²) < 4.78 is 0. The lowest BCUT2D eigenvalue weighted by Gasteiger charge is -2.30. The van der Waals surface area contributed by atoms with Gasteiger partial charge in [0, 0.05) is 13.0 Å². The molecule has 3 rings (SSSR count). The number of aromatic amines is 1. The average Bonchev–Trinajstić information content (AvgIpc) is 3.24. The number of fused-ring (bicyclic) bond motifs is 1. The minimum atomic E-state index is -0.488. The molecule has 1 aliphatic heterocycles. The molecular weight excluding hydrogens is 316 g/mol. The first-order valence-electron chi connectivity index (χ1n) is 9.05. The predicted octanol–water partition coefficient (Wildman–Crippen LogP) is 2.78. The van der Waals surface area contributed by atoms with E-state index in [0.29, 0.717) is 13.0 Å². The number of amides is 2. The number of imidazole rings is 1. The fraction of sp³-hybridized carbons (Fsp3) is 0.526. The van der Waals surface area contributed by atoms with E-state index in [2.05, 4.69) is 15.3 Å². The van der Waals surface area contributed by atoms with Crippen LogP contribution in [-0.2, 0) is 9.59 Å². The van der Waals surface area contributed by atoms with E-state index in [1.807, 2.05) is 43.0 Å². The van der Waals surface area contributed by atoms with Gasteiger partial charge in [-0.05, 0) is 30.9 Å². The van der Waals surface area contributed by atoms with Gasteiger partial charge in [0.2, 0.25) is 11.8 Å². The number of nitrogens with one attached hydrogen (secondary N) is 2. The van der Waals surface area contributed by atoms with Crippen LogP contribution in [-0.4, -0.2) is 39.3 Å². The Morgan fingerprint density at radius 1 is 1.36 bits per heavy atom. The molecule has 0 saturated carbocycles. The first kappa shape index (κ1) is 17.5. The molecule has 0 aliphatic carbocycles. The summed E-state index contributed by atoms with van der Waals surface area (Å²) in [5.41, 5.74) is 1.90. The third kappa shape index (κ3) is 3.52. The zero-order chi connectivity index (χ0) is 18.0. The predicted molar refractivity (Wildman–Crippen MR) is 96.8 cm³/mol. The Morgan fingerprint density at radius 2 is 2.12 bits per heavy atom. The molecule has 1 fully saturated rings. The summed E-state index contributed by atoms with van der Waals surface area (Å²) in [7, 11) is 0. The Bertz CT molecular complexity index is 735. The van der Waals surface area contributed by atoms with E-state index in [9.17, 15) is 9.59 Å². The zero-order valence-corrected chi connectivity index (χ0v) is 15.1. The van der Waals surface area contributed by atoms with Gasteiger partial charge in [-0.3, -0.25) is 9.59 Å². The second-order valence-corrected chi connectivity index (χ2v) is 6.97. The zero-order valence-electron chi connectivity index (χ0n) is 15.1. The lowest BCUT2D eigenvalue weighted by Crippen LogP contribution is -2.51. The average molecular weight is 342 g/mol. The van der Waals surface area contributed by atoms with Crippen molar-refractivity contribution in [3.8, 4) is 0 Å². The summed E-state index contributed by atoms with van der Waals surface area (Å²) in [5.74, 6) is 0.766. The van der Waals surface area contributed by atoms with Crippen molar-refractivity contribution in [3.63, 3.8) is 0 Å². The van der Waals surface area contributed by atoms with Crippen LogP contribution in [0.3, 0.4) is 0 Å². The largest absolute Gasteiger partial charge is 0.344 e. The Morgan fingerprint density at radius 3 is 2.80 bits per heavy atom. The molecule has 0 bridgehead atoms. The Hall–Kier alpha value is -2.37. The molecule has 1 aliphatic rings. The van der Waals surface area contributed by atoms with Crippen molar-refractivity contribution in [2.24, 2.45) is 5.92 Å². The molecule has 0 unspecified atom stereocenters. The number of nitrogens with zero attached hydrogens (tertiary/aromatic N) is 2. The van der Waals surface area contributed by atoms with Gasteiger partial charge in [-0.2, -0.15) is 0 Å². The highest BCUT2D eigenvalue weighted by Crippen LogP contribution is 2.32. The van der Waals surface area contributed by atoms with Crippen LogP contribution >= 0.6 is 0 Å². The van der Waals surface area contributed by atoms with Gasteiger partial charge in [-0.15, -0.1) is 0 Å². The first-order valence-corrected chi connectivity index (χ1v) is 9.05. The number of hydrogen-bond acceptors (Lipinski definition) is 3. The van der Waals surface area contributed by atoms with E-state index >= 15 is 0 Å². The Labute approximate surface area is 148 Å². The fourth-order valence-electron chi connectivity index (χ4n) is 3.41. The number of carbonyl (C=O) groups excluding carboxylic acids is 2. The highest BCUT2D eigenvalue weighted by atomic mass is 16.2. The van der Waals surface area contributed by atoms with E-state index in [4.69, 9.17) is 0 Å². The quantitative estimate of drug-likeness (QED) is 0.877. The number of rotatable bonds is 5. The topological polar surface area (TPSA) is 78.1 Å². The molecule has 6 heteroatoms.